The predicted octanol–water partition coefficient (Wildman–Crippen LogP) is 1.17. The highest BCUT2D eigenvalue weighted by atomic mass is 32.1. The number of para-hydroxylation sites is 1. The number of fused-ring (bicyclic) bond motifs is 1. The van der Waals surface area contributed by atoms with Crippen LogP contribution < -0.4 is 21.3 Å². The highest BCUT2D eigenvalue weighted by molar-refractivity contribution is 7.80. The highest BCUT2D eigenvalue weighted by Crippen LogP contribution is 2.19. The Morgan fingerprint density at radius 2 is 1.59 bits per heavy atom. The van der Waals surface area contributed by atoms with Crippen molar-refractivity contribution in [3.05, 3.63) is 71.9 Å². The standard InChI is InChI=1S/C28H33N5O5S/c34-25(21-11-6-12-29-21)31-22(13-17-7-2-1-3-8-17)26(35)33-24(16-39)27(36)32-23(28(37)38)14-18-15-30-20-10-5-4-9-19(18)20/h1-5,7-10,15,21-24,29-30,39H,6,11-14,16H2,(H,31,34)(H,32,36)(H,33,35)(H,37,38). The van der Waals surface area contributed by atoms with E-state index in [0.717, 1.165) is 35.0 Å². The Morgan fingerprint density at radius 3 is 2.28 bits per heavy atom. The summed E-state index contributed by atoms with van der Waals surface area (Å²) < 4.78 is 0. The van der Waals surface area contributed by atoms with Crippen LogP contribution >= 0.6 is 12.6 Å². The van der Waals surface area contributed by atoms with E-state index in [2.05, 4.69) is 38.9 Å². The number of aliphatic carboxylic acids is 1. The van der Waals surface area contributed by atoms with Gasteiger partial charge < -0.3 is 31.4 Å². The normalized spacial score (nSPS) is 17.2. The lowest BCUT2D eigenvalue weighted by Gasteiger charge is -2.24. The Hall–Kier alpha value is -3.83. The quantitative estimate of drug-likeness (QED) is 0.168. The first-order valence-electron chi connectivity index (χ1n) is 12.9. The Labute approximate surface area is 231 Å². The van der Waals surface area contributed by atoms with Gasteiger partial charge in [0.15, 0.2) is 0 Å². The first kappa shape index (κ1) is 28.2. The SMILES string of the molecule is O=C(O)C(Cc1c[nH]c2ccccc12)NC(=O)C(CS)NC(=O)C(Cc1ccccc1)NC(=O)C1CCCN1. The second kappa shape index (κ2) is 13.3. The summed E-state index contributed by atoms with van der Waals surface area (Å²) >= 11 is 4.22. The van der Waals surface area contributed by atoms with E-state index in [-0.39, 0.29) is 30.5 Å². The van der Waals surface area contributed by atoms with Gasteiger partial charge in [-0.3, -0.25) is 14.4 Å². The molecule has 6 N–H and O–H groups in total. The number of H-pyrrole nitrogens is 1. The third-order valence-electron chi connectivity index (χ3n) is 6.82. The summed E-state index contributed by atoms with van der Waals surface area (Å²) in [6.45, 7) is 0.735. The van der Waals surface area contributed by atoms with Crippen LogP contribution in [0.1, 0.15) is 24.0 Å². The summed E-state index contributed by atoms with van der Waals surface area (Å²) in [5.41, 5.74) is 2.45. The highest BCUT2D eigenvalue weighted by Gasteiger charge is 2.31. The van der Waals surface area contributed by atoms with Crippen molar-refractivity contribution < 1.29 is 24.3 Å². The monoisotopic (exact) mass is 551 g/mol. The van der Waals surface area contributed by atoms with Crippen LogP contribution in [0.2, 0.25) is 0 Å². The zero-order valence-corrected chi connectivity index (χ0v) is 22.2. The molecule has 0 radical (unpaired) electrons. The van der Waals surface area contributed by atoms with Gasteiger partial charge in [-0.15, -0.1) is 0 Å². The van der Waals surface area contributed by atoms with Crippen LogP contribution in [0.3, 0.4) is 0 Å². The molecule has 2 heterocycles. The van der Waals surface area contributed by atoms with Crippen molar-refractivity contribution >= 4 is 47.2 Å². The number of aromatic nitrogens is 1. The number of aromatic amines is 1. The lowest BCUT2D eigenvalue weighted by atomic mass is 10.0. The first-order valence-corrected chi connectivity index (χ1v) is 13.6. The molecule has 3 aromatic rings. The van der Waals surface area contributed by atoms with Crippen molar-refractivity contribution in [2.45, 2.75) is 49.9 Å². The number of rotatable bonds is 12. The van der Waals surface area contributed by atoms with Gasteiger partial charge in [-0.2, -0.15) is 12.6 Å². The molecule has 3 amide bonds. The Balaban J connectivity index is 1.43. The molecule has 39 heavy (non-hydrogen) atoms. The van der Waals surface area contributed by atoms with Crippen molar-refractivity contribution in [3.63, 3.8) is 0 Å². The molecule has 1 aliphatic heterocycles. The van der Waals surface area contributed by atoms with Crippen LogP contribution in [-0.4, -0.2) is 70.2 Å². The van der Waals surface area contributed by atoms with Gasteiger partial charge in [-0.1, -0.05) is 48.5 Å². The van der Waals surface area contributed by atoms with E-state index in [4.69, 9.17) is 0 Å². The van der Waals surface area contributed by atoms with Gasteiger partial charge in [-0.25, -0.2) is 4.79 Å². The van der Waals surface area contributed by atoms with Gasteiger partial charge >= 0.3 is 5.97 Å². The molecule has 206 valence electrons. The molecule has 4 rings (SSSR count). The summed E-state index contributed by atoms with van der Waals surface area (Å²) in [4.78, 5) is 54.3. The van der Waals surface area contributed by atoms with Crippen LogP contribution in [-0.2, 0) is 32.0 Å². The van der Waals surface area contributed by atoms with Gasteiger partial charge in [0.05, 0.1) is 6.04 Å². The molecule has 0 spiro atoms. The van der Waals surface area contributed by atoms with Crippen LogP contribution in [0.15, 0.2) is 60.8 Å². The average Bonchev–Trinajstić information content (AvgIpc) is 3.62. The van der Waals surface area contributed by atoms with Crippen molar-refractivity contribution in [1.29, 1.82) is 0 Å². The number of benzene rings is 2. The minimum atomic E-state index is -1.22. The molecule has 11 heteroatoms. The Bertz CT molecular complexity index is 1310. The molecule has 4 atom stereocenters. The van der Waals surface area contributed by atoms with E-state index < -0.39 is 35.9 Å². The van der Waals surface area contributed by atoms with Gasteiger partial charge in [0.25, 0.3) is 0 Å². The molecule has 1 saturated heterocycles. The van der Waals surface area contributed by atoms with Crippen molar-refractivity contribution in [2.75, 3.05) is 12.3 Å². The maximum atomic E-state index is 13.3. The number of carboxylic acids is 1. The van der Waals surface area contributed by atoms with Gasteiger partial charge in [0, 0.05) is 35.7 Å². The largest absolute Gasteiger partial charge is 0.480 e. The topological polar surface area (TPSA) is 152 Å². The van der Waals surface area contributed by atoms with Gasteiger partial charge in [0.2, 0.25) is 17.7 Å². The van der Waals surface area contributed by atoms with E-state index in [1.165, 1.54) is 0 Å². The van der Waals surface area contributed by atoms with E-state index >= 15 is 0 Å². The molecule has 4 unspecified atom stereocenters. The molecule has 1 aliphatic rings. The Kier molecular flexibility index (Phi) is 9.61. The number of thiol groups is 1. The fourth-order valence-corrected chi connectivity index (χ4v) is 4.96. The van der Waals surface area contributed by atoms with Crippen molar-refractivity contribution in [3.8, 4) is 0 Å². The van der Waals surface area contributed by atoms with Crippen molar-refractivity contribution in [2.24, 2.45) is 0 Å². The maximum Gasteiger partial charge on any atom is 0.326 e. The molecule has 0 bridgehead atoms. The fourth-order valence-electron chi connectivity index (χ4n) is 4.70. The summed E-state index contributed by atoms with van der Waals surface area (Å²) in [6, 6.07) is 13.1. The zero-order chi connectivity index (χ0) is 27.8. The number of amides is 3. The third-order valence-corrected chi connectivity index (χ3v) is 7.19. The van der Waals surface area contributed by atoms with Crippen LogP contribution in [0.25, 0.3) is 10.9 Å². The van der Waals surface area contributed by atoms with Crippen LogP contribution in [0, 0.1) is 0 Å². The molecular formula is C28H33N5O5S. The molecular weight excluding hydrogens is 518 g/mol. The number of carbonyl (C=O) groups is 4. The van der Waals surface area contributed by atoms with Crippen molar-refractivity contribution in [1.82, 2.24) is 26.3 Å². The lowest BCUT2D eigenvalue weighted by molar-refractivity contribution is -0.142. The summed E-state index contributed by atoms with van der Waals surface area (Å²) in [7, 11) is 0. The minimum Gasteiger partial charge on any atom is -0.480 e. The molecule has 10 nitrogen and oxygen atoms in total. The first-order chi connectivity index (χ1) is 18.9. The number of carboxylic acid groups (broad SMARTS) is 1. The average molecular weight is 552 g/mol. The molecule has 2 aromatic carbocycles. The third kappa shape index (κ3) is 7.39. The summed E-state index contributed by atoms with van der Waals surface area (Å²) in [5, 5.41) is 21.8. The number of hydrogen-bond acceptors (Lipinski definition) is 6. The summed E-state index contributed by atoms with van der Waals surface area (Å²) in [6.07, 6.45) is 3.56. The number of nitrogens with one attached hydrogen (secondary N) is 5. The van der Waals surface area contributed by atoms with E-state index in [0.29, 0.717) is 6.42 Å². The lowest BCUT2D eigenvalue weighted by Crippen LogP contribution is -2.58. The predicted molar refractivity (Wildman–Crippen MR) is 150 cm³/mol. The maximum absolute atomic E-state index is 13.3. The van der Waals surface area contributed by atoms with Gasteiger partial charge in [-0.05, 0) is 36.6 Å². The van der Waals surface area contributed by atoms with E-state index in [9.17, 15) is 24.3 Å². The Morgan fingerprint density at radius 1 is 0.897 bits per heavy atom. The molecule has 0 aliphatic carbocycles. The molecule has 1 fully saturated rings. The summed E-state index contributed by atoms with van der Waals surface area (Å²) in [5.74, 6) is -2.76. The van der Waals surface area contributed by atoms with Gasteiger partial charge in [0.1, 0.15) is 18.1 Å². The minimum absolute atomic E-state index is 0.0550. The molecule has 0 saturated carbocycles. The van der Waals surface area contributed by atoms with E-state index in [1.54, 1.807) is 6.20 Å². The molecule has 1 aromatic heterocycles. The van der Waals surface area contributed by atoms with Crippen LogP contribution in [0.5, 0.6) is 0 Å². The number of hydrogen-bond donors (Lipinski definition) is 7. The van der Waals surface area contributed by atoms with Crippen LogP contribution in [0.4, 0.5) is 0 Å². The fraction of sp³-hybridized carbons (Fsp3) is 0.357. The smallest absolute Gasteiger partial charge is 0.326 e. The zero-order valence-electron chi connectivity index (χ0n) is 21.4. The van der Waals surface area contributed by atoms with E-state index in [1.807, 2.05) is 54.6 Å². The number of carbonyl (C=O) groups excluding carboxylic acids is 3. The second-order valence-corrected chi connectivity index (χ2v) is 9.97. The second-order valence-electron chi connectivity index (χ2n) is 9.61.